The number of anilines is 2. The summed E-state index contributed by atoms with van der Waals surface area (Å²) in [6.45, 7) is 3.59. The molecule has 158 valence electrons. The minimum atomic E-state index is -0.487. The number of aliphatic hydroxyl groups excluding tert-OH is 1. The first kappa shape index (κ1) is 19.2. The van der Waals surface area contributed by atoms with E-state index in [1.165, 1.54) is 12.8 Å². The molecule has 3 aromatic rings. The van der Waals surface area contributed by atoms with E-state index in [2.05, 4.69) is 25.1 Å². The molecule has 2 aliphatic rings. The minimum absolute atomic E-state index is 0.206. The quantitative estimate of drug-likeness (QED) is 0.696. The van der Waals surface area contributed by atoms with Gasteiger partial charge in [0.15, 0.2) is 11.6 Å². The molecule has 0 saturated carbocycles. The van der Waals surface area contributed by atoms with Gasteiger partial charge in [0, 0.05) is 38.6 Å². The second-order valence-corrected chi connectivity index (χ2v) is 8.24. The molecule has 9 heteroatoms. The fourth-order valence-electron chi connectivity index (χ4n) is 4.58. The first-order chi connectivity index (χ1) is 14.8. The zero-order valence-corrected chi connectivity index (χ0v) is 17.0. The largest absolute Gasteiger partial charge is 0.388 e. The van der Waals surface area contributed by atoms with Crippen molar-refractivity contribution >= 4 is 22.9 Å². The molecule has 2 fully saturated rings. The first-order valence-electron chi connectivity index (χ1n) is 10.9. The highest BCUT2D eigenvalue weighted by Crippen LogP contribution is 2.35. The van der Waals surface area contributed by atoms with E-state index < -0.39 is 6.10 Å². The van der Waals surface area contributed by atoms with Crippen molar-refractivity contribution in [2.75, 3.05) is 36.0 Å². The Hall–Kier alpha value is -2.81. The van der Waals surface area contributed by atoms with Crippen LogP contribution in [-0.2, 0) is 0 Å². The zero-order valence-electron chi connectivity index (χ0n) is 17.0. The molecule has 0 aromatic carbocycles. The second-order valence-electron chi connectivity index (χ2n) is 8.24. The van der Waals surface area contributed by atoms with Crippen molar-refractivity contribution in [3.63, 3.8) is 0 Å². The lowest BCUT2D eigenvalue weighted by Crippen LogP contribution is -2.38. The molecule has 5 rings (SSSR count). The van der Waals surface area contributed by atoms with Gasteiger partial charge in [-0.2, -0.15) is 0 Å². The molecular weight excluding hydrogens is 382 g/mol. The molecule has 9 nitrogen and oxygen atoms in total. The fraction of sp³-hybridized carbons (Fsp3) is 0.571. The van der Waals surface area contributed by atoms with Gasteiger partial charge < -0.3 is 14.9 Å². The topological polar surface area (TPSA) is 104 Å². The van der Waals surface area contributed by atoms with Crippen LogP contribution in [0.4, 0.5) is 11.6 Å². The van der Waals surface area contributed by atoms with Crippen LogP contribution >= 0.6 is 0 Å². The molecule has 0 amide bonds. The summed E-state index contributed by atoms with van der Waals surface area (Å²) >= 11 is 0. The number of aliphatic hydroxyl groups is 1. The number of piperidine rings is 1. The Kier molecular flexibility index (Phi) is 5.44. The lowest BCUT2D eigenvalue weighted by Gasteiger charge is -2.36. The molecule has 0 aliphatic carbocycles. The van der Waals surface area contributed by atoms with Crippen molar-refractivity contribution in [2.45, 2.75) is 44.6 Å². The summed E-state index contributed by atoms with van der Waals surface area (Å²) in [5.74, 6) is 1.94. The molecule has 0 radical (unpaired) electrons. The van der Waals surface area contributed by atoms with Gasteiger partial charge in [0.05, 0.1) is 6.10 Å². The van der Waals surface area contributed by atoms with E-state index in [1.54, 1.807) is 12.4 Å². The summed E-state index contributed by atoms with van der Waals surface area (Å²) in [6.07, 6.45) is 9.60. The normalized spacial score (nSPS) is 19.8. The van der Waals surface area contributed by atoms with Crippen molar-refractivity contribution in [3.8, 4) is 0 Å². The highest BCUT2D eigenvalue weighted by atomic mass is 16.6. The van der Waals surface area contributed by atoms with Crippen LogP contribution in [0.15, 0.2) is 29.2 Å². The molecule has 3 aromatic heterocycles. The lowest BCUT2D eigenvalue weighted by atomic mass is 9.88. The van der Waals surface area contributed by atoms with Crippen molar-refractivity contribution < 1.29 is 9.74 Å². The second kappa shape index (κ2) is 8.51. The third-order valence-corrected chi connectivity index (χ3v) is 6.30. The molecule has 0 bridgehead atoms. The van der Waals surface area contributed by atoms with Crippen molar-refractivity contribution in [1.29, 1.82) is 0 Å². The molecule has 2 saturated heterocycles. The van der Waals surface area contributed by atoms with Crippen LogP contribution in [-0.4, -0.2) is 56.6 Å². The maximum atomic E-state index is 10.8. The Morgan fingerprint density at radius 3 is 2.13 bits per heavy atom. The van der Waals surface area contributed by atoms with E-state index in [9.17, 15) is 5.11 Å². The SMILES string of the molecule is OC(c1cccnc1)C1CCN(c2nc3nonc3nc2N2CCCCCC2)CC1. The standard InChI is InChI=1S/C21H27N7O2/c29-17(16-6-5-9-22-14-16)15-7-12-28(13-8-15)21-20(27-10-3-1-2-4-11-27)23-18-19(24-21)26-30-25-18/h5-6,9,14-15,17,29H,1-4,7-8,10-13H2. The van der Waals surface area contributed by atoms with Crippen LogP contribution in [0.25, 0.3) is 11.3 Å². The van der Waals surface area contributed by atoms with Crippen molar-refractivity contribution in [2.24, 2.45) is 5.92 Å². The third kappa shape index (κ3) is 3.81. The first-order valence-corrected chi connectivity index (χ1v) is 10.9. The van der Waals surface area contributed by atoms with Crippen molar-refractivity contribution in [1.82, 2.24) is 25.3 Å². The van der Waals surface area contributed by atoms with Crippen molar-refractivity contribution in [3.05, 3.63) is 30.1 Å². The Morgan fingerprint density at radius 2 is 1.53 bits per heavy atom. The molecule has 30 heavy (non-hydrogen) atoms. The Bertz CT molecular complexity index is 964. The van der Waals surface area contributed by atoms with Gasteiger partial charge in [-0.05, 0) is 53.5 Å². The summed E-state index contributed by atoms with van der Waals surface area (Å²) in [5.41, 5.74) is 1.79. The predicted molar refractivity (Wildman–Crippen MR) is 112 cm³/mol. The van der Waals surface area contributed by atoms with E-state index in [1.807, 2.05) is 12.1 Å². The summed E-state index contributed by atoms with van der Waals surface area (Å²) < 4.78 is 4.87. The van der Waals surface area contributed by atoms with Crippen LogP contribution < -0.4 is 9.80 Å². The maximum Gasteiger partial charge on any atom is 0.245 e. The summed E-state index contributed by atoms with van der Waals surface area (Å²) in [5, 5.41) is 18.6. The molecule has 1 unspecified atom stereocenters. The predicted octanol–water partition coefficient (Wildman–Crippen LogP) is 2.74. The average Bonchev–Trinajstić information content (AvgIpc) is 3.09. The minimum Gasteiger partial charge on any atom is -0.388 e. The van der Waals surface area contributed by atoms with Gasteiger partial charge in [0.25, 0.3) is 0 Å². The maximum absolute atomic E-state index is 10.8. The molecular formula is C21H27N7O2. The number of fused-ring (bicyclic) bond motifs is 1. The fourth-order valence-corrected chi connectivity index (χ4v) is 4.58. The average molecular weight is 409 g/mol. The summed E-state index contributed by atoms with van der Waals surface area (Å²) in [6, 6.07) is 3.82. The molecule has 1 atom stereocenters. The molecule has 0 spiro atoms. The van der Waals surface area contributed by atoms with Gasteiger partial charge in [-0.1, -0.05) is 18.9 Å². The van der Waals surface area contributed by atoms with Gasteiger partial charge in [0.2, 0.25) is 11.3 Å². The van der Waals surface area contributed by atoms with E-state index in [0.717, 1.165) is 69.1 Å². The number of rotatable bonds is 4. The van der Waals surface area contributed by atoms with Gasteiger partial charge in [0.1, 0.15) is 0 Å². The molecule has 1 N–H and O–H groups in total. The lowest BCUT2D eigenvalue weighted by molar-refractivity contribution is 0.0926. The highest BCUT2D eigenvalue weighted by Gasteiger charge is 2.30. The number of aromatic nitrogens is 5. The van der Waals surface area contributed by atoms with Crippen LogP contribution in [0.2, 0.25) is 0 Å². The summed E-state index contributed by atoms with van der Waals surface area (Å²) in [4.78, 5) is 18.3. The van der Waals surface area contributed by atoms with Crippen LogP contribution in [0.1, 0.15) is 50.2 Å². The van der Waals surface area contributed by atoms with Crippen LogP contribution in [0, 0.1) is 5.92 Å². The molecule has 2 aliphatic heterocycles. The number of hydrogen-bond acceptors (Lipinski definition) is 9. The van der Waals surface area contributed by atoms with E-state index in [-0.39, 0.29) is 5.92 Å². The van der Waals surface area contributed by atoms with E-state index in [4.69, 9.17) is 14.6 Å². The Balaban J connectivity index is 1.37. The van der Waals surface area contributed by atoms with Gasteiger partial charge >= 0.3 is 0 Å². The third-order valence-electron chi connectivity index (χ3n) is 6.30. The molecule has 5 heterocycles. The van der Waals surface area contributed by atoms with Gasteiger partial charge in [-0.25, -0.2) is 14.6 Å². The Morgan fingerprint density at radius 1 is 0.900 bits per heavy atom. The zero-order chi connectivity index (χ0) is 20.3. The van der Waals surface area contributed by atoms with E-state index in [0.29, 0.717) is 11.3 Å². The summed E-state index contributed by atoms with van der Waals surface area (Å²) in [7, 11) is 0. The van der Waals surface area contributed by atoms with E-state index >= 15 is 0 Å². The number of hydrogen-bond donors (Lipinski definition) is 1. The number of nitrogens with zero attached hydrogens (tertiary/aromatic N) is 7. The Labute approximate surface area is 175 Å². The monoisotopic (exact) mass is 409 g/mol. The van der Waals surface area contributed by atoms with Crippen LogP contribution in [0.3, 0.4) is 0 Å². The van der Waals surface area contributed by atoms with Gasteiger partial charge in [-0.3, -0.25) is 4.98 Å². The van der Waals surface area contributed by atoms with Gasteiger partial charge in [-0.15, -0.1) is 0 Å². The number of pyridine rings is 1. The smallest absolute Gasteiger partial charge is 0.245 e. The highest BCUT2D eigenvalue weighted by molar-refractivity contribution is 5.74. The van der Waals surface area contributed by atoms with Crippen LogP contribution in [0.5, 0.6) is 0 Å².